The Balaban J connectivity index is 0.00000220. The minimum absolute atomic E-state index is 0. The summed E-state index contributed by atoms with van der Waals surface area (Å²) in [6, 6.07) is 5.73. The number of anilines is 2. The SMILES string of the molecule is Cl.Cl.NCC(=O)NCC(=O)Nc1cc(Cl)ccc1NC1CC1. The number of rotatable bonds is 6. The first-order valence-corrected chi connectivity index (χ1v) is 6.79. The number of halogens is 3. The summed E-state index contributed by atoms with van der Waals surface area (Å²) in [5, 5.41) is 8.98. The van der Waals surface area contributed by atoms with Crippen molar-refractivity contribution in [3.8, 4) is 0 Å². The molecular weight excluding hydrogens is 351 g/mol. The maximum Gasteiger partial charge on any atom is 0.243 e. The van der Waals surface area contributed by atoms with Crippen molar-refractivity contribution < 1.29 is 9.59 Å². The van der Waals surface area contributed by atoms with Gasteiger partial charge in [-0.1, -0.05) is 11.6 Å². The Bertz CT molecular complexity index is 524. The number of hydrogen-bond acceptors (Lipinski definition) is 4. The van der Waals surface area contributed by atoms with Gasteiger partial charge < -0.3 is 21.7 Å². The fraction of sp³-hybridized carbons (Fsp3) is 0.385. The number of amides is 2. The van der Waals surface area contributed by atoms with E-state index < -0.39 is 0 Å². The molecule has 0 bridgehead atoms. The second-order valence-electron chi connectivity index (χ2n) is 4.64. The highest BCUT2D eigenvalue weighted by molar-refractivity contribution is 6.31. The van der Waals surface area contributed by atoms with Gasteiger partial charge in [-0.25, -0.2) is 0 Å². The van der Waals surface area contributed by atoms with Gasteiger partial charge in [0.1, 0.15) is 0 Å². The number of carbonyl (C=O) groups excluding carboxylic acids is 2. The molecule has 0 heterocycles. The van der Waals surface area contributed by atoms with Crippen molar-refractivity contribution in [1.29, 1.82) is 0 Å². The number of benzene rings is 1. The molecule has 6 nitrogen and oxygen atoms in total. The molecule has 0 radical (unpaired) electrons. The second-order valence-corrected chi connectivity index (χ2v) is 5.07. The Morgan fingerprint density at radius 2 is 1.86 bits per heavy atom. The third-order valence-corrected chi connectivity index (χ3v) is 3.06. The summed E-state index contributed by atoms with van der Waals surface area (Å²) in [5.74, 6) is -0.699. The van der Waals surface area contributed by atoms with E-state index in [9.17, 15) is 9.59 Å². The molecule has 0 saturated heterocycles. The van der Waals surface area contributed by atoms with Gasteiger partial charge in [0.05, 0.1) is 24.5 Å². The maximum absolute atomic E-state index is 11.8. The predicted octanol–water partition coefficient (Wildman–Crippen LogP) is 1.77. The minimum Gasteiger partial charge on any atom is -0.381 e. The molecule has 1 aliphatic carbocycles. The van der Waals surface area contributed by atoms with Crippen LogP contribution in [0.3, 0.4) is 0 Å². The Labute approximate surface area is 146 Å². The Kier molecular flexibility index (Phi) is 9.20. The van der Waals surface area contributed by atoms with E-state index in [1.807, 2.05) is 6.07 Å². The Morgan fingerprint density at radius 3 is 2.45 bits per heavy atom. The molecule has 1 saturated carbocycles. The molecule has 1 fully saturated rings. The normalized spacial score (nSPS) is 12.5. The number of nitrogens with two attached hydrogens (primary N) is 1. The highest BCUT2D eigenvalue weighted by atomic mass is 35.5. The zero-order valence-electron chi connectivity index (χ0n) is 11.7. The molecule has 1 aromatic carbocycles. The van der Waals surface area contributed by atoms with Gasteiger partial charge in [-0.3, -0.25) is 9.59 Å². The quantitative estimate of drug-likeness (QED) is 0.614. The van der Waals surface area contributed by atoms with Crippen LogP contribution in [0.5, 0.6) is 0 Å². The van der Waals surface area contributed by atoms with Gasteiger partial charge in [-0.15, -0.1) is 24.8 Å². The monoisotopic (exact) mass is 368 g/mol. The van der Waals surface area contributed by atoms with E-state index >= 15 is 0 Å². The van der Waals surface area contributed by atoms with Crippen LogP contribution in [0.25, 0.3) is 0 Å². The van der Waals surface area contributed by atoms with Crippen LogP contribution in [0.15, 0.2) is 18.2 Å². The summed E-state index contributed by atoms with van der Waals surface area (Å²) in [7, 11) is 0. The standard InChI is InChI=1S/C13H17ClN4O2.2ClH/c14-8-1-4-10(17-9-2-3-9)11(5-8)18-13(20)7-16-12(19)6-15;;/h1,4-5,9,17H,2-3,6-7,15H2,(H,16,19)(H,18,20);2*1H. The van der Waals surface area contributed by atoms with Crippen molar-refractivity contribution >= 4 is 59.6 Å². The summed E-state index contributed by atoms with van der Waals surface area (Å²) in [5.41, 5.74) is 6.58. The molecule has 1 aromatic rings. The second kappa shape index (κ2) is 9.74. The molecule has 124 valence electrons. The smallest absolute Gasteiger partial charge is 0.243 e. The van der Waals surface area contributed by atoms with Crippen molar-refractivity contribution in [3.63, 3.8) is 0 Å². The van der Waals surface area contributed by atoms with Gasteiger partial charge in [0, 0.05) is 11.1 Å². The van der Waals surface area contributed by atoms with E-state index in [4.69, 9.17) is 17.3 Å². The lowest BCUT2D eigenvalue weighted by Crippen LogP contribution is -2.36. The van der Waals surface area contributed by atoms with Crippen LogP contribution in [0, 0.1) is 0 Å². The third kappa shape index (κ3) is 6.70. The summed E-state index contributed by atoms with van der Waals surface area (Å²) in [6.07, 6.45) is 2.26. The summed E-state index contributed by atoms with van der Waals surface area (Å²) in [6.45, 7) is -0.260. The van der Waals surface area contributed by atoms with Crippen molar-refractivity contribution in [3.05, 3.63) is 23.2 Å². The van der Waals surface area contributed by atoms with Crippen molar-refractivity contribution in [2.24, 2.45) is 5.73 Å². The molecule has 2 rings (SSSR count). The lowest BCUT2D eigenvalue weighted by molar-refractivity contribution is -0.123. The zero-order chi connectivity index (χ0) is 14.5. The Hall–Kier alpha value is -1.21. The third-order valence-electron chi connectivity index (χ3n) is 2.82. The molecule has 9 heteroatoms. The average Bonchev–Trinajstić information content (AvgIpc) is 3.23. The molecule has 22 heavy (non-hydrogen) atoms. The average molecular weight is 370 g/mol. The van der Waals surface area contributed by atoms with Gasteiger partial charge in [0.2, 0.25) is 11.8 Å². The molecule has 2 amide bonds. The molecule has 0 atom stereocenters. The molecule has 0 aliphatic heterocycles. The summed E-state index contributed by atoms with van der Waals surface area (Å²) in [4.78, 5) is 22.8. The van der Waals surface area contributed by atoms with Crippen molar-refractivity contribution in [2.75, 3.05) is 23.7 Å². The van der Waals surface area contributed by atoms with Crippen LogP contribution in [0.1, 0.15) is 12.8 Å². The van der Waals surface area contributed by atoms with Gasteiger partial charge in [0.15, 0.2) is 0 Å². The van der Waals surface area contributed by atoms with Crippen LogP contribution in [-0.2, 0) is 9.59 Å². The summed E-state index contributed by atoms with van der Waals surface area (Å²) >= 11 is 5.94. The minimum atomic E-state index is -0.373. The molecule has 0 spiro atoms. The van der Waals surface area contributed by atoms with Gasteiger partial charge >= 0.3 is 0 Å². The van der Waals surface area contributed by atoms with Gasteiger partial charge in [-0.2, -0.15) is 0 Å². The molecule has 1 aliphatic rings. The fourth-order valence-electron chi connectivity index (χ4n) is 1.64. The van der Waals surface area contributed by atoms with Crippen LogP contribution >= 0.6 is 36.4 Å². The lowest BCUT2D eigenvalue weighted by Gasteiger charge is -2.13. The molecule has 0 aromatic heterocycles. The largest absolute Gasteiger partial charge is 0.381 e. The molecule has 5 N–H and O–H groups in total. The molecule has 0 unspecified atom stereocenters. The van der Waals surface area contributed by atoms with Crippen LogP contribution in [-0.4, -0.2) is 30.9 Å². The molecular formula is C13H19Cl3N4O2. The van der Waals surface area contributed by atoms with E-state index in [-0.39, 0.29) is 49.7 Å². The maximum atomic E-state index is 11.8. The van der Waals surface area contributed by atoms with Crippen LogP contribution in [0.4, 0.5) is 11.4 Å². The first kappa shape index (κ1) is 20.8. The lowest BCUT2D eigenvalue weighted by atomic mass is 10.2. The van der Waals surface area contributed by atoms with Gasteiger partial charge in [0.25, 0.3) is 0 Å². The highest BCUT2D eigenvalue weighted by Gasteiger charge is 2.22. The van der Waals surface area contributed by atoms with E-state index in [1.54, 1.807) is 12.1 Å². The van der Waals surface area contributed by atoms with Crippen LogP contribution < -0.4 is 21.7 Å². The first-order valence-electron chi connectivity index (χ1n) is 6.41. The number of nitrogens with one attached hydrogen (secondary N) is 3. The zero-order valence-corrected chi connectivity index (χ0v) is 14.1. The predicted molar refractivity (Wildman–Crippen MR) is 93.3 cm³/mol. The van der Waals surface area contributed by atoms with E-state index in [2.05, 4.69) is 16.0 Å². The first-order chi connectivity index (χ1) is 9.58. The van der Waals surface area contributed by atoms with E-state index in [1.165, 1.54) is 0 Å². The fourth-order valence-corrected chi connectivity index (χ4v) is 1.81. The highest BCUT2D eigenvalue weighted by Crippen LogP contribution is 2.31. The van der Waals surface area contributed by atoms with Gasteiger partial charge in [-0.05, 0) is 31.0 Å². The van der Waals surface area contributed by atoms with E-state index in [0.29, 0.717) is 16.8 Å². The van der Waals surface area contributed by atoms with Crippen molar-refractivity contribution in [2.45, 2.75) is 18.9 Å². The Morgan fingerprint density at radius 1 is 1.18 bits per heavy atom. The topological polar surface area (TPSA) is 96.2 Å². The van der Waals surface area contributed by atoms with Crippen LogP contribution in [0.2, 0.25) is 5.02 Å². The number of carbonyl (C=O) groups is 2. The van der Waals surface area contributed by atoms with Crippen molar-refractivity contribution in [1.82, 2.24) is 5.32 Å². The van der Waals surface area contributed by atoms with E-state index in [0.717, 1.165) is 18.5 Å². The summed E-state index contributed by atoms with van der Waals surface area (Å²) < 4.78 is 0. The number of hydrogen-bond donors (Lipinski definition) is 4.